The van der Waals surface area contributed by atoms with E-state index >= 15 is 0 Å². The van der Waals surface area contributed by atoms with Gasteiger partial charge in [-0.2, -0.15) is 0 Å². The topological polar surface area (TPSA) is 70.2 Å². The van der Waals surface area contributed by atoms with Crippen molar-refractivity contribution in [3.63, 3.8) is 0 Å². The fraction of sp³-hybridized carbons (Fsp3) is 0.833. The van der Waals surface area contributed by atoms with E-state index in [4.69, 9.17) is 0 Å². The molecule has 2 amide bonds. The van der Waals surface area contributed by atoms with Crippen molar-refractivity contribution >= 4 is 24.2 Å². The van der Waals surface area contributed by atoms with E-state index < -0.39 is 36.3 Å². The molecule has 0 bridgehead atoms. The second-order valence-electron chi connectivity index (χ2n) is 5.79. The van der Waals surface area contributed by atoms with Crippen molar-refractivity contribution in [2.45, 2.75) is 39.2 Å². The minimum Gasteiger partial charge on any atom is -0.354 e. The molecule has 1 unspecified atom stereocenters. The number of carbonyl (C=O) groups excluding carboxylic acids is 2. The standard InChI is InChI=1S/C12H21F2N3O2.ClH/c1-11(2,3)10(19)16-5-4-15-9(18)8-6-12(13,14)7-17-8;/h8,17H,4-7H2,1-3H3,(H,15,18)(H,16,19);1H. The Balaban J connectivity index is 0.00000361. The van der Waals surface area contributed by atoms with Crippen LogP contribution >= 0.6 is 12.4 Å². The predicted octanol–water partition coefficient (Wildman–Crippen LogP) is 0.684. The molecular weight excluding hydrogens is 292 g/mol. The van der Waals surface area contributed by atoms with Crippen LogP contribution in [-0.4, -0.2) is 43.4 Å². The number of amides is 2. The summed E-state index contributed by atoms with van der Waals surface area (Å²) >= 11 is 0. The van der Waals surface area contributed by atoms with Crippen LogP contribution in [0.5, 0.6) is 0 Å². The lowest BCUT2D eigenvalue weighted by Crippen LogP contribution is -2.44. The summed E-state index contributed by atoms with van der Waals surface area (Å²) in [5.41, 5.74) is -0.487. The Morgan fingerprint density at radius 1 is 1.25 bits per heavy atom. The van der Waals surface area contributed by atoms with Gasteiger partial charge in [-0.1, -0.05) is 20.8 Å². The fourth-order valence-electron chi connectivity index (χ4n) is 1.65. The van der Waals surface area contributed by atoms with Crippen LogP contribution in [0.25, 0.3) is 0 Å². The highest BCUT2D eigenvalue weighted by molar-refractivity contribution is 5.85. The first-order chi connectivity index (χ1) is 8.62. The van der Waals surface area contributed by atoms with E-state index in [1.807, 2.05) is 0 Å². The maximum atomic E-state index is 12.9. The Labute approximate surface area is 123 Å². The number of hydrogen-bond acceptors (Lipinski definition) is 3. The molecule has 0 saturated carbocycles. The number of alkyl halides is 2. The van der Waals surface area contributed by atoms with Crippen molar-refractivity contribution in [2.24, 2.45) is 5.41 Å². The lowest BCUT2D eigenvalue weighted by atomic mass is 9.96. The van der Waals surface area contributed by atoms with Gasteiger partial charge in [-0.3, -0.25) is 14.9 Å². The third-order valence-corrected chi connectivity index (χ3v) is 2.82. The van der Waals surface area contributed by atoms with Crippen LogP contribution in [0, 0.1) is 5.41 Å². The van der Waals surface area contributed by atoms with Gasteiger partial charge >= 0.3 is 0 Å². The molecule has 1 saturated heterocycles. The molecule has 1 aliphatic rings. The van der Waals surface area contributed by atoms with Crippen molar-refractivity contribution < 1.29 is 18.4 Å². The molecule has 0 spiro atoms. The van der Waals surface area contributed by atoms with Gasteiger partial charge in [0.1, 0.15) is 0 Å². The third kappa shape index (κ3) is 6.00. The third-order valence-electron chi connectivity index (χ3n) is 2.82. The number of carbonyl (C=O) groups is 2. The Hall–Kier alpha value is -0.950. The predicted molar refractivity (Wildman–Crippen MR) is 74.1 cm³/mol. The van der Waals surface area contributed by atoms with Gasteiger partial charge in [0.25, 0.3) is 5.92 Å². The monoisotopic (exact) mass is 313 g/mol. The molecular formula is C12H22ClF2N3O2. The van der Waals surface area contributed by atoms with Crippen LogP contribution in [0.4, 0.5) is 8.78 Å². The van der Waals surface area contributed by atoms with Crippen LogP contribution in [-0.2, 0) is 9.59 Å². The molecule has 1 rings (SSSR count). The molecule has 118 valence electrons. The summed E-state index contributed by atoms with van der Waals surface area (Å²) in [6.45, 7) is 5.39. The summed E-state index contributed by atoms with van der Waals surface area (Å²) in [5, 5.41) is 7.65. The van der Waals surface area contributed by atoms with Gasteiger partial charge in [0, 0.05) is 24.9 Å². The van der Waals surface area contributed by atoms with Crippen molar-refractivity contribution in [1.29, 1.82) is 0 Å². The molecule has 3 N–H and O–H groups in total. The fourth-order valence-corrected chi connectivity index (χ4v) is 1.65. The Bertz CT molecular complexity index is 359. The van der Waals surface area contributed by atoms with Crippen molar-refractivity contribution in [3.8, 4) is 0 Å². The van der Waals surface area contributed by atoms with E-state index in [9.17, 15) is 18.4 Å². The molecule has 0 aromatic carbocycles. The van der Waals surface area contributed by atoms with E-state index in [0.29, 0.717) is 0 Å². The number of nitrogens with one attached hydrogen (secondary N) is 3. The number of halogens is 3. The molecule has 1 heterocycles. The second-order valence-corrected chi connectivity index (χ2v) is 5.79. The van der Waals surface area contributed by atoms with E-state index in [2.05, 4.69) is 16.0 Å². The van der Waals surface area contributed by atoms with Crippen molar-refractivity contribution in [1.82, 2.24) is 16.0 Å². The highest BCUT2D eigenvalue weighted by Gasteiger charge is 2.42. The molecule has 0 radical (unpaired) electrons. The smallest absolute Gasteiger partial charge is 0.262 e. The summed E-state index contributed by atoms with van der Waals surface area (Å²) in [6, 6.07) is -0.853. The highest BCUT2D eigenvalue weighted by Crippen LogP contribution is 2.24. The molecule has 0 aromatic rings. The maximum absolute atomic E-state index is 12.9. The van der Waals surface area contributed by atoms with Gasteiger partial charge in [-0.15, -0.1) is 12.4 Å². The lowest BCUT2D eigenvalue weighted by Gasteiger charge is -2.18. The van der Waals surface area contributed by atoms with E-state index in [1.165, 1.54) is 0 Å². The minimum atomic E-state index is -2.82. The SMILES string of the molecule is CC(C)(C)C(=O)NCCNC(=O)C1CC(F)(F)CN1.Cl. The Kier molecular flexibility index (Phi) is 6.83. The first-order valence-corrected chi connectivity index (χ1v) is 6.29. The Morgan fingerprint density at radius 2 is 1.80 bits per heavy atom. The summed E-state index contributed by atoms with van der Waals surface area (Å²) in [5.74, 6) is -3.39. The highest BCUT2D eigenvalue weighted by atomic mass is 35.5. The molecule has 20 heavy (non-hydrogen) atoms. The van der Waals surface area contributed by atoms with Gasteiger partial charge in [0.05, 0.1) is 12.6 Å². The summed E-state index contributed by atoms with van der Waals surface area (Å²) in [6.07, 6.45) is -0.479. The summed E-state index contributed by atoms with van der Waals surface area (Å²) in [4.78, 5) is 23.1. The average Bonchev–Trinajstić information content (AvgIpc) is 2.63. The summed E-state index contributed by atoms with van der Waals surface area (Å²) < 4.78 is 25.8. The van der Waals surface area contributed by atoms with E-state index in [1.54, 1.807) is 20.8 Å². The van der Waals surface area contributed by atoms with Crippen LogP contribution in [0.3, 0.4) is 0 Å². The van der Waals surface area contributed by atoms with Crippen LogP contribution in [0.1, 0.15) is 27.2 Å². The maximum Gasteiger partial charge on any atom is 0.262 e. The van der Waals surface area contributed by atoms with Crippen LogP contribution in [0.2, 0.25) is 0 Å². The average molecular weight is 314 g/mol. The first kappa shape index (κ1) is 19.1. The lowest BCUT2D eigenvalue weighted by molar-refractivity contribution is -0.129. The molecule has 0 aliphatic carbocycles. The van der Waals surface area contributed by atoms with Gasteiger partial charge < -0.3 is 10.6 Å². The van der Waals surface area contributed by atoms with E-state index in [-0.39, 0.29) is 31.4 Å². The zero-order chi connectivity index (χ0) is 14.7. The molecule has 8 heteroatoms. The van der Waals surface area contributed by atoms with E-state index in [0.717, 1.165) is 0 Å². The van der Waals surface area contributed by atoms with Crippen molar-refractivity contribution in [3.05, 3.63) is 0 Å². The second kappa shape index (κ2) is 7.17. The van der Waals surface area contributed by atoms with Gasteiger partial charge in [-0.25, -0.2) is 8.78 Å². The summed E-state index contributed by atoms with van der Waals surface area (Å²) in [7, 11) is 0. The quantitative estimate of drug-likeness (QED) is 0.669. The molecule has 5 nitrogen and oxygen atoms in total. The van der Waals surface area contributed by atoms with Crippen molar-refractivity contribution in [2.75, 3.05) is 19.6 Å². The Morgan fingerprint density at radius 3 is 2.25 bits per heavy atom. The first-order valence-electron chi connectivity index (χ1n) is 6.29. The number of hydrogen-bond donors (Lipinski definition) is 3. The van der Waals surface area contributed by atoms with Gasteiger partial charge in [0.15, 0.2) is 0 Å². The molecule has 1 aliphatic heterocycles. The van der Waals surface area contributed by atoms with Crippen LogP contribution < -0.4 is 16.0 Å². The minimum absolute atomic E-state index is 0. The molecule has 0 aromatic heterocycles. The molecule has 1 atom stereocenters. The zero-order valence-electron chi connectivity index (χ0n) is 11.9. The zero-order valence-corrected chi connectivity index (χ0v) is 12.7. The van der Waals surface area contributed by atoms with Gasteiger partial charge in [0.2, 0.25) is 11.8 Å². The largest absolute Gasteiger partial charge is 0.354 e. The van der Waals surface area contributed by atoms with Crippen LogP contribution in [0.15, 0.2) is 0 Å². The number of rotatable bonds is 4. The molecule has 1 fully saturated rings. The normalized spacial score (nSPS) is 20.9. The van der Waals surface area contributed by atoms with Gasteiger partial charge in [-0.05, 0) is 0 Å².